The molecule has 0 unspecified atom stereocenters. The number of nitrogens with one attached hydrogen (secondary N) is 1. The van der Waals surface area contributed by atoms with Gasteiger partial charge in [0.15, 0.2) is 5.82 Å². The quantitative estimate of drug-likeness (QED) is 0.427. The number of unbranched alkanes of at least 4 members (excludes halogenated alkanes) is 3. The number of carbonyl (C=O) groups excluding carboxylic acids is 1. The highest BCUT2D eigenvalue weighted by atomic mass is 16.2. The van der Waals surface area contributed by atoms with Crippen LogP contribution in [0.2, 0.25) is 0 Å². The van der Waals surface area contributed by atoms with E-state index in [1.807, 2.05) is 23.1 Å². The molecule has 0 aliphatic carbocycles. The van der Waals surface area contributed by atoms with Crippen molar-refractivity contribution >= 4 is 5.91 Å². The van der Waals surface area contributed by atoms with Crippen LogP contribution in [-0.4, -0.2) is 49.7 Å². The highest BCUT2D eigenvalue weighted by Gasteiger charge is 2.14. The second-order valence-corrected chi connectivity index (χ2v) is 7.70. The zero-order valence-corrected chi connectivity index (χ0v) is 18.1. The van der Waals surface area contributed by atoms with E-state index in [0.717, 1.165) is 60.9 Å². The van der Waals surface area contributed by atoms with Gasteiger partial charge in [-0.05, 0) is 52.8 Å². The molecule has 0 aliphatic rings. The molecule has 0 spiro atoms. The van der Waals surface area contributed by atoms with Crippen molar-refractivity contribution in [3.63, 3.8) is 0 Å². The summed E-state index contributed by atoms with van der Waals surface area (Å²) in [7, 11) is 0. The van der Waals surface area contributed by atoms with Crippen LogP contribution >= 0.6 is 0 Å². The van der Waals surface area contributed by atoms with Crippen LogP contribution in [0.4, 0.5) is 0 Å². The van der Waals surface area contributed by atoms with Crippen LogP contribution < -0.4 is 0 Å². The maximum absolute atomic E-state index is 12.7. The fourth-order valence-corrected chi connectivity index (χ4v) is 3.59. The van der Waals surface area contributed by atoms with E-state index in [9.17, 15) is 4.79 Å². The number of aliphatic hydroxyl groups is 1. The number of rotatable bonds is 12. The number of carbonyl (C=O) groups is 1. The van der Waals surface area contributed by atoms with Crippen molar-refractivity contribution in [1.29, 1.82) is 0 Å². The van der Waals surface area contributed by atoms with E-state index in [1.54, 1.807) is 0 Å². The molecule has 0 saturated carbocycles. The normalized spacial score (nSPS) is 10.9. The lowest BCUT2D eigenvalue weighted by Gasteiger charge is -2.23. The van der Waals surface area contributed by atoms with Crippen LogP contribution in [0.1, 0.15) is 51.0 Å². The molecule has 0 atom stereocenters. The van der Waals surface area contributed by atoms with E-state index in [-0.39, 0.29) is 12.5 Å². The molecule has 3 aromatic rings. The minimum atomic E-state index is 0.205. The molecule has 1 heterocycles. The molecular formula is C24H31N5O2. The van der Waals surface area contributed by atoms with Crippen molar-refractivity contribution in [2.24, 2.45) is 0 Å². The van der Waals surface area contributed by atoms with Crippen LogP contribution in [-0.2, 0) is 11.3 Å². The molecule has 1 amide bonds. The number of H-pyrrole nitrogens is 1. The largest absolute Gasteiger partial charge is 0.396 e. The van der Waals surface area contributed by atoms with Gasteiger partial charge in [0.25, 0.3) is 0 Å². The third kappa shape index (κ3) is 6.46. The van der Waals surface area contributed by atoms with Crippen LogP contribution in [0, 0.1) is 0 Å². The Balaban J connectivity index is 1.72. The Morgan fingerprint density at radius 3 is 2.45 bits per heavy atom. The smallest absolute Gasteiger partial charge is 0.222 e. The molecule has 0 fully saturated rings. The molecule has 1 aromatic heterocycles. The van der Waals surface area contributed by atoms with Crippen molar-refractivity contribution in [1.82, 2.24) is 25.5 Å². The van der Waals surface area contributed by atoms with Crippen molar-refractivity contribution < 1.29 is 9.90 Å². The van der Waals surface area contributed by atoms with Gasteiger partial charge >= 0.3 is 0 Å². The summed E-state index contributed by atoms with van der Waals surface area (Å²) in [6.07, 6.45) is 5.14. The molecule has 31 heavy (non-hydrogen) atoms. The Bertz CT molecular complexity index is 925. The summed E-state index contributed by atoms with van der Waals surface area (Å²) >= 11 is 0. The van der Waals surface area contributed by atoms with Crippen LogP contribution in [0.3, 0.4) is 0 Å². The van der Waals surface area contributed by atoms with Gasteiger partial charge in [-0.1, -0.05) is 61.9 Å². The predicted octanol–water partition coefficient (Wildman–Crippen LogP) is 4.22. The maximum atomic E-state index is 12.7. The summed E-state index contributed by atoms with van der Waals surface area (Å²) in [5.74, 6) is 0.841. The van der Waals surface area contributed by atoms with E-state index in [4.69, 9.17) is 5.11 Å². The Hall–Kier alpha value is -3.06. The summed E-state index contributed by atoms with van der Waals surface area (Å²) in [4.78, 5) is 14.6. The number of amides is 1. The lowest BCUT2D eigenvalue weighted by molar-refractivity contribution is -0.132. The van der Waals surface area contributed by atoms with E-state index >= 15 is 0 Å². The summed E-state index contributed by atoms with van der Waals surface area (Å²) < 4.78 is 0. The maximum Gasteiger partial charge on any atom is 0.222 e. The first-order valence-corrected chi connectivity index (χ1v) is 11.0. The molecule has 0 radical (unpaired) electrons. The number of nitrogens with zero attached hydrogens (tertiary/aromatic N) is 4. The highest BCUT2D eigenvalue weighted by Crippen LogP contribution is 2.29. The van der Waals surface area contributed by atoms with Gasteiger partial charge in [-0.2, -0.15) is 0 Å². The van der Waals surface area contributed by atoms with E-state index < -0.39 is 0 Å². The molecule has 0 bridgehead atoms. The van der Waals surface area contributed by atoms with Crippen molar-refractivity contribution in [2.75, 3.05) is 13.2 Å². The first kappa shape index (κ1) is 22.6. The summed E-state index contributed by atoms with van der Waals surface area (Å²) in [5, 5.41) is 23.2. The first-order chi connectivity index (χ1) is 15.2. The van der Waals surface area contributed by atoms with Gasteiger partial charge in [0.05, 0.1) is 0 Å². The van der Waals surface area contributed by atoms with E-state index in [1.165, 1.54) is 0 Å². The standard InChI is InChI=1S/C24H31N5O2/c1-2-3-11-23(31)29(16-7-4-8-17-30)18-19-12-14-20(15-13-19)21-9-5-6-10-22(21)24-25-27-28-26-24/h5-6,9-10,12-15,30H,2-4,7-8,11,16-18H2,1H3,(H,25,26,27,28). The summed E-state index contributed by atoms with van der Waals surface area (Å²) in [6, 6.07) is 16.3. The van der Waals surface area contributed by atoms with Crippen molar-refractivity contribution in [3.05, 3.63) is 54.1 Å². The van der Waals surface area contributed by atoms with Gasteiger partial charge in [0, 0.05) is 31.7 Å². The topological polar surface area (TPSA) is 95.0 Å². The number of hydrogen-bond donors (Lipinski definition) is 2. The van der Waals surface area contributed by atoms with Crippen LogP contribution in [0.5, 0.6) is 0 Å². The van der Waals surface area contributed by atoms with Gasteiger partial charge in [-0.3, -0.25) is 4.79 Å². The van der Waals surface area contributed by atoms with E-state index in [2.05, 4.69) is 57.9 Å². The second-order valence-electron chi connectivity index (χ2n) is 7.70. The monoisotopic (exact) mass is 421 g/mol. The Labute approximate surface area is 183 Å². The van der Waals surface area contributed by atoms with Gasteiger partial charge < -0.3 is 10.0 Å². The van der Waals surface area contributed by atoms with E-state index in [0.29, 0.717) is 18.8 Å². The van der Waals surface area contributed by atoms with Crippen molar-refractivity contribution in [3.8, 4) is 22.5 Å². The average Bonchev–Trinajstić information content (AvgIpc) is 3.35. The van der Waals surface area contributed by atoms with Crippen LogP contribution in [0.15, 0.2) is 48.5 Å². The van der Waals surface area contributed by atoms with Gasteiger partial charge in [-0.25, -0.2) is 5.10 Å². The average molecular weight is 422 g/mol. The van der Waals surface area contributed by atoms with Gasteiger partial charge in [0.2, 0.25) is 5.91 Å². The Morgan fingerprint density at radius 2 is 1.77 bits per heavy atom. The molecular weight excluding hydrogens is 390 g/mol. The third-order valence-electron chi connectivity index (χ3n) is 5.35. The highest BCUT2D eigenvalue weighted by molar-refractivity contribution is 5.80. The molecule has 7 nitrogen and oxygen atoms in total. The SMILES string of the molecule is CCCCC(=O)N(CCCCCO)Cc1ccc(-c2ccccc2-c2nnn[nH]2)cc1. The lowest BCUT2D eigenvalue weighted by atomic mass is 9.98. The van der Waals surface area contributed by atoms with Gasteiger partial charge in [-0.15, -0.1) is 5.10 Å². The summed E-state index contributed by atoms with van der Waals surface area (Å²) in [6.45, 7) is 3.64. The number of benzene rings is 2. The molecule has 0 aliphatic heterocycles. The zero-order valence-electron chi connectivity index (χ0n) is 18.1. The lowest BCUT2D eigenvalue weighted by Crippen LogP contribution is -2.31. The molecule has 7 heteroatoms. The number of aromatic amines is 1. The number of aromatic nitrogens is 4. The fourth-order valence-electron chi connectivity index (χ4n) is 3.59. The van der Waals surface area contributed by atoms with Gasteiger partial charge in [0.1, 0.15) is 0 Å². The first-order valence-electron chi connectivity index (χ1n) is 11.0. The van der Waals surface area contributed by atoms with Crippen LogP contribution in [0.25, 0.3) is 22.5 Å². The fraction of sp³-hybridized carbons (Fsp3) is 0.417. The Kier molecular flexibility index (Phi) is 8.72. The Morgan fingerprint density at radius 1 is 1.00 bits per heavy atom. The minimum absolute atomic E-state index is 0.205. The number of aliphatic hydroxyl groups excluding tert-OH is 1. The minimum Gasteiger partial charge on any atom is -0.396 e. The zero-order chi connectivity index (χ0) is 21.9. The number of hydrogen-bond acceptors (Lipinski definition) is 5. The molecule has 2 aromatic carbocycles. The molecule has 0 saturated heterocycles. The molecule has 3 rings (SSSR count). The second kappa shape index (κ2) is 12.0. The molecule has 164 valence electrons. The predicted molar refractivity (Wildman–Crippen MR) is 121 cm³/mol. The van der Waals surface area contributed by atoms with Crippen molar-refractivity contribution in [2.45, 2.75) is 52.0 Å². The number of tetrazole rings is 1. The molecule has 2 N–H and O–H groups in total. The third-order valence-corrected chi connectivity index (χ3v) is 5.35. The summed E-state index contributed by atoms with van der Waals surface area (Å²) in [5.41, 5.74) is 4.17.